The van der Waals surface area contributed by atoms with Crippen LogP contribution < -0.4 is 0 Å². The van der Waals surface area contributed by atoms with Crippen molar-refractivity contribution in [1.82, 2.24) is 19.7 Å². The van der Waals surface area contributed by atoms with Crippen LogP contribution in [0.1, 0.15) is 29.0 Å². The van der Waals surface area contributed by atoms with Crippen LogP contribution in [0.15, 0.2) is 24.5 Å². The topological polar surface area (TPSA) is 51.0 Å². The molecule has 1 aromatic carbocycles. The Morgan fingerprint density at radius 1 is 1.40 bits per heavy atom. The number of benzene rings is 1. The van der Waals surface area contributed by atoms with E-state index in [1.54, 1.807) is 6.07 Å². The van der Waals surface area contributed by atoms with Crippen molar-refractivity contribution >= 4 is 40.1 Å². The molecule has 25 heavy (non-hydrogen) atoms. The van der Waals surface area contributed by atoms with Crippen molar-refractivity contribution in [2.75, 3.05) is 6.54 Å². The number of carbonyl (C=O) groups excluding carboxylic acids is 1. The Labute approximate surface area is 160 Å². The highest BCUT2D eigenvalue weighted by Crippen LogP contribution is 2.35. The number of likely N-dealkylation sites (tertiary alicyclic amines) is 1. The first-order valence-corrected chi connectivity index (χ1v) is 9.36. The lowest BCUT2D eigenvalue weighted by molar-refractivity contribution is -0.169. The summed E-state index contributed by atoms with van der Waals surface area (Å²) in [6.45, 7) is 0.0608. The lowest BCUT2D eigenvalue weighted by Crippen LogP contribution is -2.44. The van der Waals surface area contributed by atoms with Crippen LogP contribution in [-0.2, 0) is 4.43 Å². The Morgan fingerprint density at radius 2 is 2.16 bits per heavy atom. The monoisotopic (exact) mass is 484 g/mol. The minimum Gasteiger partial charge on any atom is -0.326 e. The number of hydrogen-bond donors (Lipinski definition) is 0. The van der Waals surface area contributed by atoms with E-state index in [-0.39, 0.29) is 29.2 Å². The van der Waals surface area contributed by atoms with Gasteiger partial charge in [-0.2, -0.15) is 18.3 Å². The maximum atomic E-state index is 13.2. The van der Waals surface area contributed by atoms with Gasteiger partial charge in [-0.3, -0.25) is 4.79 Å². The highest BCUT2D eigenvalue weighted by Gasteiger charge is 2.48. The van der Waals surface area contributed by atoms with Crippen LogP contribution in [0.25, 0.3) is 5.69 Å². The first kappa shape index (κ1) is 18.4. The molecule has 2 aromatic rings. The molecule has 0 N–H and O–H groups in total. The van der Waals surface area contributed by atoms with Crippen molar-refractivity contribution in [2.24, 2.45) is 0 Å². The summed E-state index contributed by atoms with van der Waals surface area (Å²) in [5.41, 5.74) is 0.319. The molecule has 0 aliphatic carbocycles. The molecular formula is C15H13ClF3IN4O. The number of halogens is 5. The summed E-state index contributed by atoms with van der Waals surface area (Å²) >= 11 is 8.30. The molecule has 1 atom stereocenters. The third-order valence-corrected chi connectivity index (χ3v) is 4.98. The fourth-order valence-electron chi connectivity index (χ4n) is 2.89. The van der Waals surface area contributed by atoms with E-state index in [0.717, 1.165) is 4.90 Å². The maximum Gasteiger partial charge on any atom is 0.408 e. The summed E-state index contributed by atoms with van der Waals surface area (Å²) in [5, 5.41) is 4.44. The minimum atomic E-state index is -4.45. The molecule has 0 radical (unpaired) electrons. The number of aromatic nitrogens is 3. The molecule has 1 aromatic heterocycles. The zero-order valence-corrected chi connectivity index (χ0v) is 15.7. The molecule has 0 saturated carbocycles. The normalized spacial score (nSPS) is 18.0. The van der Waals surface area contributed by atoms with Crippen LogP contribution in [0.2, 0.25) is 5.02 Å². The lowest BCUT2D eigenvalue weighted by atomic mass is 10.1. The van der Waals surface area contributed by atoms with Crippen molar-refractivity contribution in [3.63, 3.8) is 0 Å². The highest BCUT2D eigenvalue weighted by atomic mass is 127. The highest BCUT2D eigenvalue weighted by molar-refractivity contribution is 14.1. The van der Waals surface area contributed by atoms with Gasteiger partial charge in [0, 0.05) is 6.54 Å². The molecular weight excluding hydrogens is 472 g/mol. The molecule has 134 valence electrons. The van der Waals surface area contributed by atoms with Gasteiger partial charge in [-0.05, 0) is 25.0 Å². The molecule has 0 unspecified atom stereocenters. The molecule has 1 amide bonds. The SMILES string of the molecule is O=C(c1cccc(Cl)c1-n1cnc(CI)n1)N1CCC[C@@H]1C(F)(F)F. The second-order valence-corrected chi connectivity index (χ2v) is 6.74. The second-order valence-electron chi connectivity index (χ2n) is 5.57. The van der Waals surface area contributed by atoms with Crippen molar-refractivity contribution in [3.8, 4) is 5.69 Å². The van der Waals surface area contributed by atoms with E-state index in [0.29, 0.717) is 16.7 Å². The molecule has 2 heterocycles. The first-order chi connectivity index (χ1) is 11.8. The van der Waals surface area contributed by atoms with Crippen molar-refractivity contribution in [1.29, 1.82) is 0 Å². The summed E-state index contributed by atoms with van der Waals surface area (Å²) in [6.07, 6.45) is -2.83. The summed E-state index contributed by atoms with van der Waals surface area (Å²) in [4.78, 5) is 17.8. The second kappa shape index (κ2) is 7.10. The van der Waals surface area contributed by atoms with E-state index in [1.807, 2.05) is 0 Å². The summed E-state index contributed by atoms with van der Waals surface area (Å²) in [5.74, 6) is -0.169. The number of hydrogen-bond acceptors (Lipinski definition) is 3. The number of rotatable bonds is 3. The van der Waals surface area contributed by atoms with E-state index in [4.69, 9.17) is 11.6 Å². The average Bonchev–Trinajstić information content (AvgIpc) is 3.22. The average molecular weight is 485 g/mol. The van der Waals surface area contributed by atoms with Crippen molar-refractivity contribution in [3.05, 3.63) is 40.9 Å². The molecule has 1 saturated heterocycles. The van der Waals surface area contributed by atoms with E-state index in [1.165, 1.54) is 23.1 Å². The Bertz CT molecular complexity index is 795. The van der Waals surface area contributed by atoms with E-state index < -0.39 is 18.1 Å². The summed E-state index contributed by atoms with van der Waals surface area (Å²) < 4.78 is 41.5. The van der Waals surface area contributed by atoms with Gasteiger partial charge in [0.05, 0.1) is 20.7 Å². The number of alkyl halides is 4. The van der Waals surface area contributed by atoms with Crippen LogP contribution in [-0.4, -0.2) is 44.3 Å². The van der Waals surface area contributed by atoms with E-state index >= 15 is 0 Å². The number of amides is 1. The standard InChI is InChI=1S/C15H13ClF3IN4O/c16-10-4-1-3-9(13(10)24-8-21-12(7-20)22-24)14(25)23-6-2-5-11(23)15(17,18)19/h1,3-4,8,11H,2,5-7H2/t11-/m1/s1. The van der Waals surface area contributed by atoms with Gasteiger partial charge in [-0.15, -0.1) is 0 Å². The molecule has 0 bridgehead atoms. The molecule has 1 aliphatic heterocycles. The molecule has 5 nitrogen and oxygen atoms in total. The molecule has 10 heteroatoms. The van der Waals surface area contributed by atoms with Gasteiger partial charge >= 0.3 is 6.18 Å². The van der Waals surface area contributed by atoms with Crippen molar-refractivity contribution < 1.29 is 18.0 Å². The Balaban J connectivity index is 2.03. The fourth-order valence-corrected chi connectivity index (χ4v) is 3.50. The first-order valence-electron chi connectivity index (χ1n) is 7.46. The third-order valence-electron chi connectivity index (χ3n) is 4.00. The van der Waals surface area contributed by atoms with Crippen molar-refractivity contribution in [2.45, 2.75) is 29.5 Å². The smallest absolute Gasteiger partial charge is 0.326 e. The number of nitrogens with zero attached hydrogens (tertiary/aromatic N) is 4. The molecule has 0 spiro atoms. The zero-order valence-electron chi connectivity index (χ0n) is 12.8. The predicted octanol–water partition coefficient (Wildman–Crippen LogP) is 4.02. The maximum absolute atomic E-state index is 13.2. The van der Waals surface area contributed by atoms with Gasteiger partial charge in [0.25, 0.3) is 5.91 Å². The molecule has 3 rings (SSSR count). The largest absolute Gasteiger partial charge is 0.408 e. The predicted molar refractivity (Wildman–Crippen MR) is 94.2 cm³/mol. The third kappa shape index (κ3) is 3.62. The zero-order chi connectivity index (χ0) is 18.2. The van der Waals surface area contributed by atoms with Gasteiger partial charge < -0.3 is 4.90 Å². The summed E-state index contributed by atoms with van der Waals surface area (Å²) in [6, 6.07) is 2.78. The van der Waals surface area contributed by atoms with Crippen LogP contribution in [0.4, 0.5) is 13.2 Å². The van der Waals surface area contributed by atoms with E-state index in [2.05, 4.69) is 32.7 Å². The van der Waals surface area contributed by atoms with Crippen LogP contribution >= 0.6 is 34.2 Å². The Hall–Kier alpha value is -1.36. The fraction of sp³-hybridized carbons (Fsp3) is 0.400. The molecule has 1 aliphatic rings. The van der Waals surface area contributed by atoms with Gasteiger partial charge in [-0.25, -0.2) is 9.67 Å². The number of carbonyl (C=O) groups is 1. The van der Waals surface area contributed by atoms with Gasteiger partial charge in [0.15, 0.2) is 5.82 Å². The lowest BCUT2D eigenvalue weighted by Gasteiger charge is -2.27. The Kier molecular flexibility index (Phi) is 5.24. The quantitative estimate of drug-likeness (QED) is 0.488. The minimum absolute atomic E-state index is 0.0608. The summed E-state index contributed by atoms with van der Waals surface area (Å²) in [7, 11) is 0. The van der Waals surface area contributed by atoms with Crippen LogP contribution in [0.3, 0.4) is 0 Å². The number of para-hydroxylation sites is 1. The van der Waals surface area contributed by atoms with Gasteiger partial charge in [0.2, 0.25) is 0 Å². The molecule has 1 fully saturated rings. The van der Waals surface area contributed by atoms with Gasteiger partial charge in [0.1, 0.15) is 12.4 Å². The van der Waals surface area contributed by atoms with E-state index in [9.17, 15) is 18.0 Å². The van der Waals surface area contributed by atoms with Gasteiger partial charge in [-0.1, -0.05) is 40.3 Å². The Morgan fingerprint density at radius 3 is 2.80 bits per heavy atom. The van der Waals surface area contributed by atoms with Crippen LogP contribution in [0, 0.1) is 0 Å². The van der Waals surface area contributed by atoms with Crippen LogP contribution in [0.5, 0.6) is 0 Å².